The molecule has 2 aromatic heterocycles. The van der Waals surface area contributed by atoms with Crippen LogP contribution >= 0.6 is 11.3 Å². The number of amides is 1. The van der Waals surface area contributed by atoms with Gasteiger partial charge in [0, 0.05) is 11.8 Å². The van der Waals surface area contributed by atoms with Gasteiger partial charge in [-0.1, -0.05) is 42.5 Å². The van der Waals surface area contributed by atoms with Crippen LogP contribution in [0.2, 0.25) is 0 Å². The molecule has 4 rings (SSSR count). The van der Waals surface area contributed by atoms with Gasteiger partial charge in [0.25, 0.3) is 5.91 Å². The zero-order chi connectivity index (χ0) is 16.4. The number of thiazole rings is 1. The molecule has 0 fully saturated rings. The highest BCUT2D eigenvalue weighted by atomic mass is 32.1. The van der Waals surface area contributed by atoms with E-state index in [9.17, 15) is 4.79 Å². The molecule has 0 saturated carbocycles. The summed E-state index contributed by atoms with van der Waals surface area (Å²) >= 11 is 1.49. The molecule has 6 heteroatoms. The first-order valence-electron chi connectivity index (χ1n) is 7.52. The van der Waals surface area contributed by atoms with Gasteiger partial charge < -0.3 is 4.98 Å². The number of nitrogens with one attached hydrogen (secondary N) is 2. The first-order valence-corrected chi connectivity index (χ1v) is 8.40. The van der Waals surface area contributed by atoms with E-state index in [0.717, 1.165) is 22.5 Å². The molecule has 2 heterocycles. The first kappa shape index (κ1) is 14.6. The van der Waals surface area contributed by atoms with Gasteiger partial charge in [0.1, 0.15) is 5.69 Å². The Kier molecular flexibility index (Phi) is 3.80. The summed E-state index contributed by atoms with van der Waals surface area (Å²) in [4.78, 5) is 24.2. The molecule has 5 nitrogen and oxygen atoms in total. The molecule has 0 bridgehead atoms. The van der Waals surface area contributed by atoms with Crippen LogP contribution < -0.4 is 5.32 Å². The van der Waals surface area contributed by atoms with E-state index in [1.807, 2.05) is 42.5 Å². The Bertz CT molecular complexity index is 957. The standard InChI is InChI=1S/C18H14N4OS/c23-17(22-18-20-13-8-4-5-9-14(13)21-18)15-11-24-16(19-15)10-12-6-2-1-3-7-12/h1-9,11H,10H2,(H2,20,21,22,23). The van der Waals surface area contributed by atoms with E-state index in [0.29, 0.717) is 11.6 Å². The van der Waals surface area contributed by atoms with E-state index < -0.39 is 0 Å². The van der Waals surface area contributed by atoms with Gasteiger partial charge in [-0.15, -0.1) is 11.3 Å². The van der Waals surface area contributed by atoms with E-state index in [2.05, 4.69) is 32.4 Å². The second-order valence-electron chi connectivity index (χ2n) is 5.35. The van der Waals surface area contributed by atoms with Crippen LogP contribution in [-0.4, -0.2) is 20.9 Å². The lowest BCUT2D eigenvalue weighted by Crippen LogP contribution is -2.13. The van der Waals surface area contributed by atoms with Gasteiger partial charge >= 0.3 is 0 Å². The molecule has 2 N–H and O–H groups in total. The van der Waals surface area contributed by atoms with Crippen LogP contribution in [-0.2, 0) is 6.42 Å². The average Bonchev–Trinajstić information content (AvgIpc) is 3.22. The van der Waals surface area contributed by atoms with E-state index in [-0.39, 0.29) is 5.91 Å². The maximum atomic E-state index is 12.3. The number of hydrogen-bond acceptors (Lipinski definition) is 4. The Morgan fingerprint density at radius 2 is 1.83 bits per heavy atom. The highest BCUT2D eigenvalue weighted by molar-refractivity contribution is 7.09. The summed E-state index contributed by atoms with van der Waals surface area (Å²) in [6, 6.07) is 17.7. The van der Waals surface area contributed by atoms with Gasteiger partial charge in [0.05, 0.1) is 16.0 Å². The van der Waals surface area contributed by atoms with Crippen molar-refractivity contribution in [1.29, 1.82) is 0 Å². The monoisotopic (exact) mass is 334 g/mol. The summed E-state index contributed by atoms with van der Waals surface area (Å²) in [5, 5.41) is 5.45. The number of aromatic nitrogens is 3. The molecule has 0 saturated heterocycles. The largest absolute Gasteiger partial charge is 0.324 e. The molecule has 2 aromatic carbocycles. The van der Waals surface area contributed by atoms with Crippen LogP contribution in [0, 0.1) is 0 Å². The van der Waals surface area contributed by atoms with Crippen molar-refractivity contribution in [3.63, 3.8) is 0 Å². The molecule has 0 aliphatic rings. The summed E-state index contributed by atoms with van der Waals surface area (Å²) < 4.78 is 0. The molecule has 1 amide bonds. The van der Waals surface area contributed by atoms with Crippen LogP contribution in [0.15, 0.2) is 60.0 Å². The minimum absolute atomic E-state index is 0.260. The highest BCUT2D eigenvalue weighted by Gasteiger charge is 2.13. The Balaban J connectivity index is 1.48. The Morgan fingerprint density at radius 1 is 1.04 bits per heavy atom. The second kappa shape index (κ2) is 6.25. The third kappa shape index (κ3) is 3.04. The summed E-state index contributed by atoms with van der Waals surface area (Å²) in [6.45, 7) is 0. The van der Waals surface area contributed by atoms with Crippen molar-refractivity contribution >= 4 is 34.2 Å². The van der Waals surface area contributed by atoms with Crippen LogP contribution in [0.25, 0.3) is 11.0 Å². The fourth-order valence-electron chi connectivity index (χ4n) is 2.45. The molecule has 0 radical (unpaired) electrons. The highest BCUT2D eigenvalue weighted by Crippen LogP contribution is 2.17. The quantitative estimate of drug-likeness (QED) is 0.595. The molecule has 0 spiro atoms. The molecule has 0 aliphatic heterocycles. The summed E-state index contributed by atoms with van der Waals surface area (Å²) in [5.41, 5.74) is 3.29. The fourth-order valence-corrected chi connectivity index (χ4v) is 3.26. The first-order chi connectivity index (χ1) is 11.8. The molecule has 0 aliphatic carbocycles. The number of carbonyl (C=O) groups excluding carboxylic acids is 1. The minimum Gasteiger partial charge on any atom is -0.324 e. The second-order valence-corrected chi connectivity index (χ2v) is 6.29. The average molecular weight is 334 g/mol. The molecule has 4 aromatic rings. The van der Waals surface area contributed by atoms with E-state index >= 15 is 0 Å². The van der Waals surface area contributed by atoms with Crippen molar-refractivity contribution < 1.29 is 4.79 Å². The van der Waals surface area contributed by atoms with E-state index in [4.69, 9.17) is 0 Å². The number of carbonyl (C=O) groups is 1. The smallest absolute Gasteiger partial charge is 0.277 e. The zero-order valence-electron chi connectivity index (χ0n) is 12.7. The lowest BCUT2D eigenvalue weighted by atomic mass is 10.2. The predicted molar refractivity (Wildman–Crippen MR) is 95.4 cm³/mol. The van der Waals surface area contributed by atoms with Crippen LogP contribution in [0.1, 0.15) is 21.1 Å². The summed E-state index contributed by atoms with van der Waals surface area (Å²) in [7, 11) is 0. The van der Waals surface area contributed by atoms with Crippen LogP contribution in [0.4, 0.5) is 5.95 Å². The van der Waals surface area contributed by atoms with Crippen LogP contribution in [0.5, 0.6) is 0 Å². The third-order valence-electron chi connectivity index (χ3n) is 3.60. The number of benzene rings is 2. The lowest BCUT2D eigenvalue weighted by molar-refractivity contribution is 0.102. The molecule has 0 unspecified atom stereocenters. The number of rotatable bonds is 4. The molecule has 118 valence electrons. The van der Waals surface area contributed by atoms with Gasteiger partial charge in [-0.3, -0.25) is 10.1 Å². The number of fused-ring (bicyclic) bond motifs is 1. The molecular weight excluding hydrogens is 320 g/mol. The Labute approximate surface area is 142 Å². The van der Waals surface area contributed by atoms with Gasteiger partial charge in [-0.2, -0.15) is 0 Å². The van der Waals surface area contributed by atoms with Crippen molar-refractivity contribution in [3.8, 4) is 0 Å². The van der Waals surface area contributed by atoms with E-state index in [1.54, 1.807) is 5.38 Å². The van der Waals surface area contributed by atoms with Gasteiger partial charge in [0.15, 0.2) is 0 Å². The molecular formula is C18H14N4OS. The van der Waals surface area contributed by atoms with Crippen molar-refractivity contribution in [1.82, 2.24) is 15.0 Å². The zero-order valence-corrected chi connectivity index (χ0v) is 13.5. The number of para-hydroxylation sites is 2. The predicted octanol–water partition coefficient (Wildman–Crippen LogP) is 3.86. The fraction of sp³-hybridized carbons (Fsp3) is 0.0556. The topological polar surface area (TPSA) is 70.7 Å². The maximum absolute atomic E-state index is 12.3. The summed E-state index contributed by atoms with van der Waals surface area (Å²) in [6.07, 6.45) is 0.726. The summed E-state index contributed by atoms with van der Waals surface area (Å²) in [5.74, 6) is 0.170. The normalized spacial score (nSPS) is 10.8. The van der Waals surface area contributed by atoms with Gasteiger partial charge in [-0.05, 0) is 17.7 Å². The van der Waals surface area contributed by atoms with E-state index in [1.165, 1.54) is 16.9 Å². The number of nitrogens with zero attached hydrogens (tertiary/aromatic N) is 2. The minimum atomic E-state index is -0.260. The number of hydrogen-bond donors (Lipinski definition) is 2. The Morgan fingerprint density at radius 3 is 2.67 bits per heavy atom. The van der Waals surface area contributed by atoms with Gasteiger partial charge in [0.2, 0.25) is 5.95 Å². The molecule has 0 atom stereocenters. The SMILES string of the molecule is O=C(Nc1nc2ccccc2[nH]1)c1csc(Cc2ccccc2)n1. The Hall–Kier alpha value is -2.99. The van der Waals surface area contributed by atoms with Crippen molar-refractivity contribution in [3.05, 3.63) is 76.2 Å². The van der Waals surface area contributed by atoms with Gasteiger partial charge in [-0.25, -0.2) is 9.97 Å². The van der Waals surface area contributed by atoms with Crippen molar-refractivity contribution in [2.75, 3.05) is 5.32 Å². The number of anilines is 1. The lowest BCUT2D eigenvalue weighted by Gasteiger charge is -1.98. The molecule has 24 heavy (non-hydrogen) atoms. The third-order valence-corrected chi connectivity index (χ3v) is 4.45. The van der Waals surface area contributed by atoms with Crippen molar-refractivity contribution in [2.24, 2.45) is 0 Å². The number of imidazole rings is 1. The number of H-pyrrole nitrogens is 1. The van der Waals surface area contributed by atoms with Crippen molar-refractivity contribution in [2.45, 2.75) is 6.42 Å². The maximum Gasteiger partial charge on any atom is 0.277 e. The van der Waals surface area contributed by atoms with Crippen LogP contribution in [0.3, 0.4) is 0 Å². The number of aromatic amines is 1.